The van der Waals surface area contributed by atoms with Crippen molar-refractivity contribution < 1.29 is 28.4 Å². The quantitative estimate of drug-likeness (QED) is 0.280. The molecule has 2 bridgehead atoms. The molecule has 14 heteroatoms. The highest BCUT2D eigenvalue weighted by atomic mass is 32.1. The summed E-state index contributed by atoms with van der Waals surface area (Å²) in [6.45, 7) is 10.4. The number of fused-ring (bicyclic) bond motifs is 3. The van der Waals surface area contributed by atoms with Gasteiger partial charge in [0, 0.05) is 25.6 Å². The zero-order valence-electron chi connectivity index (χ0n) is 21.1. The normalized spacial score (nSPS) is 23.5. The molecule has 0 spiro atoms. The molecule has 0 radical (unpaired) electrons. The molecule has 4 aliphatic heterocycles. The van der Waals surface area contributed by atoms with Crippen LogP contribution in [0.4, 0.5) is 5.82 Å². The van der Waals surface area contributed by atoms with Crippen LogP contribution >= 0.6 is 23.5 Å². The summed E-state index contributed by atoms with van der Waals surface area (Å²) in [7, 11) is 0. The second-order valence-corrected chi connectivity index (χ2v) is 10.3. The van der Waals surface area contributed by atoms with E-state index in [2.05, 4.69) is 27.3 Å². The first-order valence-corrected chi connectivity index (χ1v) is 14.5. The zero-order chi connectivity index (χ0) is 25.1. The third-order valence-corrected chi connectivity index (χ3v) is 7.95. The second kappa shape index (κ2) is 14.5. The van der Waals surface area contributed by atoms with Gasteiger partial charge in [0.2, 0.25) is 11.7 Å². The van der Waals surface area contributed by atoms with Gasteiger partial charge >= 0.3 is 0 Å². The number of piperidine rings is 3. The molecule has 0 amide bonds. The fraction of sp³-hybridized carbons (Fsp3) is 0.826. The standard InChI is InChI=1S/C23H36N6O6S2/c1-3-28-4-2-18(1)19(17-28)20-22(26-36-24-20)34-15-13-32-11-9-31-10-12-33-14-16-35-23-21(25-37-27-23)29-5-7-30-8-6-29/h18-19H,1-17H2. The van der Waals surface area contributed by atoms with Gasteiger partial charge in [-0.1, -0.05) is 0 Å². The van der Waals surface area contributed by atoms with Crippen LogP contribution in [0.1, 0.15) is 24.5 Å². The van der Waals surface area contributed by atoms with E-state index >= 15 is 0 Å². The molecule has 0 N–H and O–H groups in total. The Kier molecular flexibility index (Phi) is 10.5. The van der Waals surface area contributed by atoms with Crippen LogP contribution in [0.25, 0.3) is 0 Å². The van der Waals surface area contributed by atoms with Crippen molar-refractivity contribution in [1.29, 1.82) is 0 Å². The Balaban J connectivity index is 0.850. The molecule has 6 rings (SSSR count). The van der Waals surface area contributed by atoms with E-state index in [-0.39, 0.29) is 0 Å². The molecule has 2 aromatic rings. The largest absolute Gasteiger partial charge is 0.473 e. The summed E-state index contributed by atoms with van der Waals surface area (Å²) >= 11 is 2.40. The van der Waals surface area contributed by atoms with Gasteiger partial charge in [0.05, 0.1) is 76.3 Å². The van der Waals surface area contributed by atoms with E-state index in [1.54, 1.807) is 0 Å². The molecule has 1 unspecified atom stereocenters. The van der Waals surface area contributed by atoms with E-state index in [9.17, 15) is 0 Å². The average Bonchev–Trinajstić information content (AvgIpc) is 3.62. The molecule has 4 fully saturated rings. The average molecular weight is 557 g/mol. The summed E-state index contributed by atoms with van der Waals surface area (Å²) in [5.41, 5.74) is 1.04. The lowest BCUT2D eigenvalue weighted by Crippen LogP contribution is -2.46. The third-order valence-electron chi connectivity index (χ3n) is 6.92. The number of anilines is 1. The molecule has 0 saturated carbocycles. The van der Waals surface area contributed by atoms with E-state index in [0.29, 0.717) is 89.7 Å². The number of hydrogen-bond acceptors (Lipinski definition) is 14. The van der Waals surface area contributed by atoms with Gasteiger partial charge in [-0.3, -0.25) is 0 Å². The molecule has 4 aliphatic rings. The number of hydrogen-bond donors (Lipinski definition) is 0. The topological polar surface area (TPSA) is 113 Å². The van der Waals surface area contributed by atoms with Crippen molar-refractivity contribution in [3.8, 4) is 11.8 Å². The Morgan fingerprint density at radius 3 is 1.95 bits per heavy atom. The summed E-state index contributed by atoms with van der Waals surface area (Å²) in [5.74, 6) is 3.21. The van der Waals surface area contributed by atoms with Crippen LogP contribution in [0, 0.1) is 5.92 Å². The Labute approximate surface area is 225 Å². The number of aromatic nitrogens is 4. The van der Waals surface area contributed by atoms with E-state index in [0.717, 1.165) is 42.9 Å². The molecule has 12 nitrogen and oxygen atoms in total. The lowest BCUT2D eigenvalue weighted by Gasteiger charge is -2.44. The molecular weight excluding hydrogens is 520 g/mol. The minimum Gasteiger partial charge on any atom is -0.473 e. The van der Waals surface area contributed by atoms with Crippen LogP contribution in [0.5, 0.6) is 11.8 Å². The van der Waals surface area contributed by atoms with Crippen LogP contribution in [0.2, 0.25) is 0 Å². The van der Waals surface area contributed by atoms with Crippen molar-refractivity contribution in [2.75, 3.05) is 104 Å². The Morgan fingerprint density at radius 2 is 1.30 bits per heavy atom. The maximum absolute atomic E-state index is 5.89. The van der Waals surface area contributed by atoms with Crippen LogP contribution < -0.4 is 14.4 Å². The van der Waals surface area contributed by atoms with Gasteiger partial charge in [0.1, 0.15) is 18.9 Å². The van der Waals surface area contributed by atoms with Gasteiger partial charge in [-0.05, 0) is 31.8 Å². The fourth-order valence-corrected chi connectivity index (χ4v) is 6.04. The summed E-state index contributed by atoms with van der Waals surface area (Å²) in [6, 6.07) is 0. The SMILES string of the molecule is C(COCCOc1nsnc1C1CN2CCC1CC2)OCCOCCOc1nsnc1N1CCOCC1. The predicted octanol–water partition coefficient (Wildman–Crippen LogP) is 1.54. The van der Waals surface area contributed by atoms with Crippen molar-refractivity contribution >= 4 is 29.3 Å². The van der Waals surface area contributed by atoms with Crippen LogP contribution in [-0.4, -0.2) is 121 Å². The van der Waals surface area contributed by atoms with Gasteiger partial charge in [0.25, 0.3) is 5.88 Å². The highest BCUT2D eigenvalue weighted by Crippen LogP contribution is 2.41. The van der Waals surface area contributed by atoms with E-state index in [1.807, 2.05) is 0 Å². The number of morpholine rings is 1. The summed E-state index contributed by atoms with van der Waals surface area (Å²) in [4.78, 5) is 4.66. The minimum atomic E-state index is 0.418. The number of rotatable bonds is 16. The summed E-state index contributed by atoms with van der Waals surface area (Å²) < 4.78 is 51.3. The molecule has 1 atom stereocenters. The highest BCUT2D eigenvalue weighted by molar-refractivity contribution is 6.99. The molecule has 0 aliphatic carbocycles. The molecule has 4 saturated heterocycles. The van der Waals surface area contributed by atoms with Crippen molar-refractivity contribution in [1.82, 2.24) is 22.4 Å². The van der Waals surface area contributed by atoms with E-state index in [1.165, 1.54) is 37.7 Å². The number of nitrogens with zero attached hydrogens (tertiary/aromatic N) is 6. The highest BCUT2D eigenvalue weighted by Gasteiger charge is 2.38. The van der Waals surface area contributed by atoms with Gasteiger partial charge in [-0.15, -0.1) is 8.75 Å². The first kappa shape index (κ1) is 26.9. The predicted molar refractivity (Wildman–Crippen MR) is 138 cm³/mol. The first-order valence-electron chi connectivity index (χ1n) is 13.1. The monoisotopic (exact) mass is 556 g/mol. The Bertz CT molecular complexity index is 921. The first-order chi connectivity index (χ1) is 18.4. The lowest BCUT2D eigenvalue weighted by atomic mass is 9.77. The van der Waals surface area contributed by atoms with Crippen LogP contribution in [0.15, 0.2) is 0 Å². The third kappa shape index (κ3) is 7.68. The smallest absolute Gasteiger partial charge is 0.270 e. The fourth-order valence-electron chi connectivity index (χ4n) is 4.96. The second-order valence-electron chi connectivity index (χ2n) is 9.23. The molecule has 37 heavy (non-hydrogen) atoms. The van der Waals surface area contributed by atoms with Gasteiger partial charge < -0.3 is 38.2 Å². The lowest BCUT2D eigenvalue weighted by molar-refractivity contribution is 0.00451. The van der Waals surface area contributed by atoms with Gasteiger partial charge in [-0.2, -0.15) is 8.75 Å². The Morgan fingerprint density at radius 1 is 0.703 bits per heavy atom. The van der Waals surface area contributed by atoms with Crippen molar-refractivity contribution in [3.63, 3.8) is 0 Å². The van der Waals surface area contributed by atoms with Crippen LogP contribution in [-0.2, 0) is 18.9 Å². The Hall–Kier alpha value is -1.68. The van der Waals surface area contributed by atoms with Crippen molar-refractivity contribution in [3.05, 3.63) is 5.69 Å². The molecule has 6 heterocycles. The molecule has 0 aromatic carbocycles. The summed E-state index contributed by atoms with van der Waals surface area (Å²) in [6.07, 6.45) is 2.51. The van der Waals surface area contributed by atoms with Gasteiger partial charge in [0.15, 0.2) is 0 Å². The maximum atomic E-state index is 5.89. The molecule has 206 valence electrons. The zero-order valence-corrected chi connectivity index (χ0v) is 22.8. The van der Waals surface area contributed by atoms with E-state index in [4.69, 9.17) is 28.4 Å². The maximum Gasteiger partial charge on any atom is 0.270 e. The van der Waals surface area contributed by atoms with E-state index < -0.39 is 0 Å². The number of ether oxygens (including phenoxy) is 6. The van der Waals surface area contributed by atoms with Crippen molar-refractivity contribution in [2.45, 2.75) is 18.8 Å². The summed E-state index contributed by atoms with van der Waals surface area (Å²) in [5, 5.41) is 0. The minimum absolute atomic E-state index is 0.418. The van der Waals surface area contributed by atoms with Gasteiger partial charge in [-0.25, -0.2) is 0 Å². The molecular formula is C23H36N6O6S2. The molecule has 2 aromatic heterocycles. The van der Waals surface area contributed by atoms with Crippen molar-refractivity contribution in [2.24, 2.45) is 5.92 Å². The van der Waals surface area contributed by atoms with Crippen LogP contribution in [0.3, 0.4) is 0 Å².